The first kappa shape index (κ1) is 14.4. The van der Waals surface area contributed by atoms with Crippen LogP contribution in [0, 0.1) is 0 Å². The second-order valence-corrected chi connectivity index (χ2v) is 4.87. The highest BCUT2D eigenvalue weighted by Gasteiger charge is 2.32. The van der Waals surface area contributed by atoms with Crippen molar-refractivity contribution in [1.82, 2.24) is 0 Å². The van der Waals surface area contributed by atoms with E-state index in [-0.39, 0.29) is 12.4 Å². The number of carbonyl (C=O) groups excluding carboxylic acids is 1. The van der Waals surface area contributed by atoms with Crippen molar-refractivity contribution in [2.45, 2.75) is 19.4 Å². The molecule has 1 N–H and O–H groups in total. The SMILES string of the molecule is COc1c(C(C)=O)cc2c(c1OC)OC(C)(CO)C=C2. The van der Waals surface area contributed by atoms with Crippen LogP contribution in [0.4, 0.5) is 0 Å². The molecule has 1 atom stereocenters. The Morgan fingerprint density at radius 1 is 1.35 bits per heavy atom. The largest absolute Gasteiger partial charge is 0.492 e. The van der Waals surface area contributed by atoms with E-state index in [9.17, 15) is 9.90 Å². The summed E-state index contributed by atoms with van der Waals surface area (Å²) in [6.07, 6.45) is 3.56. The van der Waals surface area contributed by atoms with E-state index in [0.29, 0.717) is 22.8 Å². The lowest BCUT2D eigenvalue weighted by Crippen LogP contribution is -2.36. The summed E-state index contributed by atoms with van der Waals surface area (Å²) in [5.41, 5.74) is 0.339. The van der Waals surface area contributed by atoms with Crippen molar-refractivity contribution in [2.24, 2.45) is 0 Å². The molecular formula is C15H18O5. The molecule has 0 radical (unpaired) electrons. The maximum atomic E-state index is 11.7. The minimum atomic E-state index is -0.816. The zero-order chi connectivity index (χ0) is 14.9. The van der Waals surface area contributed by atoms with Gasteiger partial charge in [-0.2, -0.15) is 0 Å². The van der Waals surface area contributed by atoms with Crippen molar-refractivity contribution in [2.75, 3.05) is 20.8 Å². The molecule has 1 heterocycles. The molecule has 5 nitrogen and oxygen atoms in total. The van der Waals surface area contributed by atoms with Crippen molar-refractivity contribution in [3.05, 3.63) is 23.3 Å². The maximum absolute atomic E-state index is 11.7. The van der Waals surface area contributed by atoms with Gasteiger partial charge in [0.25, 0.3) is 0 Å². The Labute approximate surface area is 117 Å². The number of hydrogen-bond acceptors (Lipinski definition) is 5. The van der Waals surface area contributed by atoms with Gasteiger partial charge in [0.05, 0.1) is 26.4 Å². The number of carbonyl (C=O) groups is 1. The van der Waals surface area contributed by atoms with Crippen LogP contribution in [-0.4, -0.2) is 37.3 Å². The fraction of sp³-hybridized carbons (Fsp3) is 0.400. The number of rotatable bonds is 4. The molecule has 0 spiro atoms. The van der Waals surface area contributed by atoms with E-state index < -0.39 is 5.60 Å². The van der Waals surface area contributed by atoms with E-state index in [1.54, 1.807) is 19.1 Å². The van der Waals surface area contributed by atoms with Gasteiger partial charge in [-0.05, 0) is 26.0 Å². The van der Waals surface area contributed by atoms with Crippen LogP contribution >= 0.6 is 0 Å². The van der Waals surface area contributed by atoms with Crippen LogP contribution in [0.25, 0.3) is 6.08 Å². The molecule has 1 aliphatic rings. The fourth-order valence-corrected chi connectivity index (χ4v) is 2.14. The van der Waals surface area contributed by atoms with Gasteiger partial charge < -0.3 is 19.3 Å². The molecule has 2 rings (SSSR count). The zero-order valence-electron chi connectivity index (χ0n) is 12.0. The number of benzene rings is 1. The van der Waals surface area contributed by atoms with Gasteiger partial charge in [-0.15, -0.1) is 0 Å². The van der Waals surface area contributed by atoms with Crippen molar-refractivity contribution >= 4 is 11.9 Å². The van der Waals surface area contributed by atoms with Crippen LogP contribution in [0.1, 0.15) is 29.8 Å². The summed E-state index contributed by atoms with van der Waals surface area (Å²) >= 11 is 0. The number of Topliss-reactive ketones (excluding diaryl/α,β-unsaturated/α-hetero) is 1. The third-order valence-corrected chi connectivity index (χ3v) is 3.27. The van der Waals surface area contributed by atoms with Gasteiger partial charge in [0, 0.05) is 5.56 Å². The highest BCUT2D eigenvalue weighted by Crippen LogP contribution is 2.46. The first-order valence-electron chi connectivity index (χ1n) is 6.24. The quantitative estimate of drug-likeness (QED) is 0.854. The summed E-state index contributed by atoms with van der Waals surface area (Å²) in [6.45, 7) is 3.06. The van der Waals surface area contributed by atoms with Crippen LogP contribution in [0.5, 0.6) is 17.2 Å². The average Bonchev–Trinajstić information content (AvgIpc) is 2.45. The molecule has 0 amide bonds. The zero-order valence-corrected chi connectivity index (χ0v) is 12.0. The minimum Gasteiger partial charge on any atom is -0.492 e. The molecule has 0 saturated carbocycles. The van der Waals surface area contributed by atoms with Gasteiger partial charge in [0.1, 0.15) is 5.60 Å². The van der Waals surface area contributed by atoms with Crippen LogP contribution in [-0.2, 0) is 0 Å². The minimum absolute atomic E-state index is 0.119. The monoisotopic (exact) mass is 278 g/mol. The molecule has 1 aromatic carbocycles. The molecular weight excluding hydrogens is 260 g/mol. The second kappa shape index (κ2) is 5.17. The van der Waals surface area contributed by atoms with E-state index in [4.69, 9.17) is 14.2 Å². The molecule has 0 bridgehead atoms. The van der Waals surface area contributed by atoms with Crippen molar-refractivity contribution in [3.63, 3.8) is 0 Å². The third kappa shape index (κ3) is 2.25. The summed E-state index contributed by atoms with van der Waals surface area (Å²) in [6, 6.07) is 1.70. The van der Waals surface area contributed by atoms with Gasteiger partial charge in [0.2, 0.25) is 5.75 Å². The molecule has 0 aromatic heterocycles. The highest BCUT2D eigenvalue weighted by molar-refractivity contribution is 5.99. The predicted octanol–water partition coefficient (Wildman–Crippen LogP) is 2.06. The number of methoxy groups -OCH3 is 2. The van der Waals surface area contributed by atoms with Crippen LogP contribution in [0.3, 0.4) is 0 Å². The van der Waals surface area contributed by atoms with Gasteiger partial charge >= 0.3 is 0 Å². The Balaban J connectivity index is 2.68. The molecule has 1 aliphatic heterocycles. The Hall–Kier alpha value is -2.01. The van der Waals surface area contributed by atoms with E-state index in [0.717, 1.165) is 5.56 Å². The number of aliphatic hydroxyl groups is 1. The van der Waals surface area contributed by atoms with Crippen molar-refractivity contribution in [1.29, 1.82) is 0 Å². The number of fused-ring (bicyclic) bond motifs is 1. The molecule has 20 heavy (non-hydrogen) atoms. The van der Waals surface area contributed by atoms with Gasteiger partial charge in [-0.25, -0.2) is 0 Å². The normalized spacial score (nSPS) is 20.1. The predicted molar refractivity (Wildman–Crippen MR) is 74.7 cm³/mol. The Kier molecular flexibility index (Phi) is 3.72. The van der Waals surface area contributed by atoms with E-state index in [1.165, 1.54) is 21.1 Å². The smallest absolute Gasteiger partial charge is 0.204 e. The Morgan fingerprint density at radius 2 is 2.00 bits per heavy atom. The van der Waals surface area contributed by atoms with Crippen LogP contribution in [0.2, 0.25) is 0 Å². The summed E-state index contributed by atoms with van der Waals surface area (Å²) in [5.74, 6) is 1.05. The maximum Gasteiger partial charge on any atom is 0.204 e. The summed E-state index contributed by atoms with van der Waals surface area (Å²) in [7, 11) is 2.96. The Morgan fingerprint density at radius 3 is 2.50 bits per heavy atom. The molecule has 5 heteroatoms. The molecule has 108 valence electrons. The first-order chi connectivity index (χ1) is 9.45. The third-order valence-electron chi connectivity index (χ3n) is 3.27. The lowest BCUT2D eigenvalue weighted by Gasteiger charge is -2.31. The molecule has 0 fully saturated rings. The highest BCUT2D eigenvalue weighted by atomic mass is 16.5. The van der Waals surface area contributed by atoms with Crippen molar-refractivity contribution < 1.29 is 24.1 Å². The van der Waals surface area contributed by atoms with Gasteiger partial charge in [-0.3, -0.25) is 4.79 Å². The summed E-state index contributed by atoms with van der Waals surface area (Å²) in [4.78, 5) is 11.7. The lowest BCUT2D eigenvalue weighted by molar-refractivity contribution is 0.0610. The molecule has 1 aromatic rings. The Bertz CT molecular complexity index is 576. The summed E-state index contributed by atoms with van der Waals surface area (Å²) < 4.78 is 16.4. The fourth-order valence-electron chi connectivity index (χ4n) is 2.14. The molecule has 0 saturated heterocycles. The second-order valence-electron chi connectivity index (χ2n) is 4.87. The summed E-state index contributed by atoms with van der Waals surface area (Å²) in [5, 5.41) is 9.41. The molecule has 0 aliphatic carbocycles. The first-order valence-corrected chi connectivity index (χ1v) is 6.24. The van der Waals surface area contributed by atoms with Gasteiger partial charge in [-0.1, -0.05) is 6.08 Å². The van der Waals surface area contributed by atoms with E-state index >= 15 is 0 Å². The van der Waals surface area contributed by atoms with E-state index in [1.807, 2.05) is 6.08 Å². The van der Waals surface area contributed by atoms with E-state index in [2.05, 4.69) is 0 Å². The average molecular weight is 278 g/mol. The standard InChI is InChI=1S/C15H18O5/c1-9(17)11-7-10-5-6-15(2,8-16)20-12(10)14(19-4)13(11)18-3/h5-7,16H,8H2,1-4H3. The topological polar surface area (TPSA) is 65.0 Å². The van der Waals surface area contributed by atoms with Gasteiger partial charge in [0.15, 0.2) is 17.3 Å². The van der Waals surface area contributed by atoms with Crippen LogP contribution in [0.15, 0.2) is 12.1 Å². The lowest BCUT2D eigenvalue weighted by atomic mass is 9.97. The number of hydrogen-bond donors (Lipinski definition) is 1. The van der Waals surface area contributed by atoms with Crippen LogP contribution < -0.4 is 14.2 Å². The number of aliphatic hydroxyl groups excluding tert-OH is 1. The number of ether oxygens (including phenoxy) is 3. The molecule has 1 unspecified atom stereocenters. The number of ketones is 1. The van der Waals surface area contributed by atoms with Crippen molar-refractivity contribution in [3.8, 4) is 17.2 Å².